The van der Waals surface area contributed by atoms with Gasteiger partial charge in [0.2, 0.25) is 5.91 Å². The molecule has 1 aliphatic heterocycles. The Kier molecular flexibility index (Phi) is 4.24. The van der Waals surface area contributed by atoms with Crippen molar-refractivity contribution in [2.45, 2.75) is 32.4 Å². The maximum absolute atomic E-state index is 13.0. The van der Waals surface area contributed by atoms with E-state index in [4.69, 9.17) is 5.73 Å². The van der Waals surface area contributed by atoms with E-state index >= 15 is 0 Å². The number of nitrogens with one attached hydrogen (secondary N) is 1. The van der Waals surface area contributed by atoms with E-state index in [0.29, 0.717) is 24.2 Å². The summed E-state index contributed by atoms with van der Waals surface area (Å²) in [6.07, 6.45) is 0.477. The molecule has 126 valence electrons. The van der Waals surface area contributed by atoms with Crippen molar-refractivity contribution in [3.8, 4) is 0 Å². The molecule has 0 bridgehead atoms. The molecule has 2 aromatic rings. The monoisotopic (exact) mass is 326 g/mol. The normalized spacial score (nSPS) is 20.4. The van der Waals surface area contributed by atoms with Gasteiger partial charge in [-0.15, -0.1) is 0 Å². The molecule has 0 radical (unpaired) electrons. The predicted molar refractivity (Wildman–Crippen MR) is 92.7 cm³/mol. The summed E-state index contributed by atoms with van der Waals surface area (Å²) < 4.78 is 0. The Morgan fingerprint density at radius 3 is 2.79 bits per heavy atom. The van der Waals surface area contributed by atoms with E-state index in [2.05, 4.69) is 10.3 Å². The van der Waals surface area contributed by atoms with Crippen LogP contribution in [0.15, 0.2) is 24.3 Å². The number of amides is 2. The highest BCUT2D eigenvalue weighted by atomic mass is 16.2. The van der Waals surface area contributed by atoms with Crippen molar-refractivity contribution in [2.75, 3.05) is 13.6 Å². The van der Waals surface area contributed by atoms with Crippen molar-refractivity contribution in [3.05, 3.63) is 41.1 Å². The van der Waals surface area contributed by atoms with Crippen LogP contribution in [-0.4, -0.2) is 47.4 Å². The molecule has 2 amide bonds. The number of pyridine rings is 1. The highest BCUT2D eigenvalue weighted by molar-refractivity contribution is 6.01. The van der Waals surface area contributed by atoms with Crippen LogP contribution in [0.25, 0.3) is 10.9 Å². The highest BCUT2D eigenvalue weighted by Crippen LogP contribution is 2.24. The summed E-state index contributed by atoms with van der Waals surface area (Å²) in [5.41, 5.74) is 9.14. The smallest absolute Gasteiger partial charge is 0.256 e. The first-order valence-corrected chi connectivity index (χ1v) is 8.07. The Hall–Kier alpha value is -2.47. The van der Waals surface area contributed by atoms with Crippen molar-refractivity contribution < 1.29 is 9.59 Å². The van der Waals surface area contributed by atoms with Gasteiger partial charge in [-0.25, -0.2) is 0 Å². The summed E-state index contributed by atoms with van der Waals surface area (Å²) in [5.74, 6) is -0.372. The minimum atomic E-state index is -0.523. The molecule has 1 saturated heterocycles. The average Bonchev–Trinajstić information content (AvgIpc) is 2.96. The third-order valence-electron chi connectivity index (χ3n) is 4.61. The first kappa shape index (κ1) is 16.4. The summed E-state index contributed by atoms with van der Waals surface area (Å²) in [5, 5.41) is 3.53. The van der Waals surface area contributed by atoms with Gasteiger partial charge in [0.25, 0.3) is 5.91 Å². The Morgan fingerprint density at radius 2 is 2.08 bits per heavy atom. The van der Waals surface area contributed by atoms with Gasteiger partial charge in [-0.3, -0.25) is 14.6 Å². The minimum Gasteiger partial charge on any atom is -0.357 e. The number of likely N-dealkylation sites (N-methyl/N-ethyl adjacent to an activating group) is 1. The zero-order chi connectivity index (χ0) is 17.4. The molecule has 6 heteroatoms. The van der Waals surface area contributed by atoms with Crippen LogP contribution in [0, 0.1) is 13.8 Å². The number of likely N-dealkylation sites (tertiary alicyclic amines) is 1. The van der Waals surface area contributed by atoms with Crippen LogP contribution in [0.4, 0.5) is 0 Å². The largest absolute Gasteiger partial charge is 0.357 e. The molecule has 3 N–H and O–H groups in total. The SMILES string of the molecule is CNC(=O)[C@@H]1C[C@H](N)CN1C(=O)c1cc2cccc(C)c2nc1C. The van der Waals surface area contributed by atoms with Crippen molar-refractivity contribution in [3.63, 3.8) is 0 Å². The van der Waals surface area contributed by atoms with E-state index in [9.17, 15) is 9.59 Å². The number of aryl methyl sites for hydroxylation is 2. The summed E-state index contributed by atoms with van der Waals surface area (Å²) >= 11 is 0. The topological polar surface area (TPSA) is 88.3 Å². The Morgan fingerprint density at radius 1 is 1.33 bits per heavy atom. The van der Waals surface area contributed by atoms with Gasteiger partial charge in [-0.1, -0.05) is 18.2 Å². The molecule has 0 aliphatic carbocycles. The molecular weight excluding hydrogens is 304 g/mol. The summed E-state index contributed by atoms with van der Waals surface area (Å²) in [6, 6.07) is 7.03. The predicted octanol–water partition coefficient (Wildman–Crippen LogP) is 1.14. The lowest BCUT2D eigenvalue weighted by Gasteiger charge is -2.24. The van der Waals surface area contributed by atoms with Crippen molar-refractivity contribution >= 4 is 22.7 Å². The third-order valence-corrected chi connectivity index (χ3v) is 4.61. The van der Waals surface area contributed by atoms with Crippen LogP contribution in [0.1, 0.15) is 28.0 Å². The van der Waals surface area contributed by atoms with E-state index in [1.165, 1.54) is 0 Å². The molecule has 1 aliphatic rings. The first-order chi connectivity index (χ1) is 11.4. The number of fused-ring (bicyclic) bond motifs is 1. The van der Waals surface area contributed by atoms with Crippen LogP contribution >= 0.6 is 0 Å². The molecule has 1 aromatic heterocycles. The second-order valence-corrected chi connectivity index (χ2v) is 6.35. The fourth-order valence-corrected chi connectivity index (χ4v) is 3.32. The van der Waals surface area contributed by atoms with E-state index < -0.39 is 6.04 Å². The van der Waals surface area contributed by atoms with Crippen LogP contribution in [0.2, 0.25) is 0 Å². The number of hydrogen-bond donors (Lipinski definition) is 2. The molecule has 6 nitrogen and oxygen atoms in total. The molecule has 0 spiro atoms. The van der Waals surface area contributed by atoms with Gasteiger partial charge in [0.15, 0.2) is 0 Å². The Labute approximate surface area is 141 Å². The number of carbonyl (C=O) groups is 2. The van der Waals surface area contributed by atoms with Crippen LogP contribution < -0.4 is 11.1 Å². The number of para-hydroxylation sites is 1. The second-order valence-electron chi connectivity index (χ2n) is 6.35. The summed E-state index contributed by atoms with van der Waals surface area (Å²) in [7, 11) is 1.57. The van der Waals surface area contributed by atoms with Gasteiger partial charge in [-0.05, 0) is 31.9 Å². The van der Waals surface area contributed by atoms with Crippen LogP contribution in [0.3, 0.4) is 0 Å². The number of aromatic nitrogens is 1. The van der Waals surface area contributed by atoms with Gasteiger partial charge in [0, 0.05) is 25.0 Å². The van der Waals surface area contributed by atoms with Crippen molar-refractivity contribution in [1.82, 2.24) is 15.2 Å². The highest BCUT2D eigenvalue weighted by Gasteiger charge is 2.38. The van der Waals surface area contributed by atoms with E-state index in [0.717, 1.165) is 16.5 Å². The molecule has 24 heavy (non-hydrogen) atoms. The fourth-order valence-electron chi connectivity index (χ4n) is 3.32. The van der Waals surface area contributed by atoms with Gasteiger partial charge in [0.05, 0.1) is 16.8 Å². The van der Waals surface area contributed by atoms with E-state index in [1.807, 2.05) is 38.1 Å². The Bertz CT molecular complexity index is 818. The van der Waals surface area contributed by atoms with E-state index in [1.54, 1.807) is 11.9 Å². The molecule has 1 fully saturated rings. The number of benzene rings is 1. The van der Waals surface area contributed by atoms with Gasteiger partial charge in [0.1, 0.15) is 6.04 Å². The molecule has 3 rings (SSSR count). The summed E-state index contributed by atoms with van der Waals surface area (Å²) in [4.78, 5) is 31.3. The molecular formula is C18H22N4O2. The van der Waals surface area contributed by atoms with Gasteiger partial charge in [-0.2, -0.15) is 0 Å². The number of carbonyl (C=O) groups excluding carboxylic acids is 2. The number of rotatable bonds is 2. The van der Waals surface area contributed by atoms with Crippen LogP contribution in [0.5, 0.6) is 0 Å². The summed E-state index contributed by atoms with van der Waals surface area (Å²) in [6.45, 7) is 4.20. The minimum absolute atomic E-state index is 0.182. The second kappa shape index (κ2) is 6.20. The zero-order valence-corrected chi connectivity index (χ0v) is 14.2. The lowest BCUT2D eigenvalue weighted by Crippen LogP contribution is -2.45. The van der Waals surface area contributed by atoms with Gasteiger partial charge < -0.3 is 16.0 Å². The molecule has 2 atom stereocenters. The molecule has 1 aromatic carbocycles. The number of nitrogens with zero attached hydrogens (tertiary/aromatic N) is 2. The van der Waals surface area contributed by atoms with Crippen LogP contribution in [-0.2, 0) is 4.79 Å². The molecule has 0 unspecified atom stereocenters. The quantitative estimate of drug-likeness (QED) is 0.866. The molecule has 2 heterocycles. The number of hydrogen-bond acceptors (Lipinski definition) is 4. The molecule has 0 saturated carbocycles. The first-order valence-electron chi connectivity index (χ1n) is 8.07. The Balaban J connectivity index is 2.01. The third kappa shape index (κ3) is 2.73. The average molecular weight is 326 g/mol. The lowest BCUT2D eigenvalue weighted by molar-refractivity contribution is -0.124. The standard InChI is InChI=1S/C18H22N4O2/c1-10-5-4-6-12-7-14(11(2)21-16(10)12)18(24)22-9-13(19)8-15(22)17(23)20-3/h4-7,13,15H,8-9,19H2,1-3H3,(H,20,23)/t13-,15-/m0/s1. The van der Waals surface area contributed by atoms with Gasteiger partial charge >= 0.3 is 0 Å². The fraction of sp³-hybridized carbons (Fsp3) is 0.389. The maximum Gasteiger partial charge on any atom is 0.256 e. The van der Waals surface area contributed by atoms with E-state index in [-0.39, 0.29) is 17.9 Å². The number of nitrogens with two attached hydrogens (primary N) is 1. The van der Waals surface area contributed by atoms with Crippen molar-refractivity contribution in [1.29, 1.82) is 0 Å². The lowest BCUT2D eigenvalue weighted by atomic mass is 10.1. The van der Waals surface area contributed by atoms with Crippen molar-refractivity contribution in [2.24, 2.45) is 5.73 Å². The zero-order valence-electron chi connectivity index (χ0n) is 14.2. The maximum atomic E-state index is 13.0.